The number of hydrogen-bond acceptors (Lipinski definition) is 6. The number of ether oxygens (including phenoxy) is 2. The van der Waals surface area contributed by atoms with Crippen molar-refractivity contribution in [1.29, 1.82) is 0 Å². The number of amides is 2. The molecule has 8 nitrogen and oxygen atoms in total. The van der Waals surface area contributed by atoms with Crippen molar-refractivity contribution in [3.05, 3.63) is 120 Å². The van der Waals surface area contributed by atoms with Gasteiger partial charge in [0.1, 0.15) is 11.5 Å². The topological polar surface area (TPSA) is 91.3 Å². The fraction of sp³-hybridized carbons (Fsp3) is 0.152. The maximum Gasteiger partial charge on any atom is 0.424 e. The third-order valence-corrected chi connectivity index (χ3v) is 6.43. The zero-order valence-electron chi connectivity index (χ0n) is 23.3. The van der Waals surface area contributed by atoms with E-state index in [-0.39, 0.29) is 11.4 Å². The van der Waals surface area contributed by atoms with Gasteiger partial charge in [-0.25, -0.2) is 9.69 Å². The van der Waals surface area contributed by atoms with E-state index in [1.54, 1.807) is 97.1 Å². The third kappa shape index (κ3) is 6.86. The Balaban J connectivity index is 1.87. The summed E-state index contributed by atoms with van der Waals surface area (Å²) in [4.78, 5) is 31.1. The zero-order valence-corrected chi connectivity index (χ0v) is 23.3. The molecule has 4 aromatic rings. The SMILES string of the molecule is CCN(CC)c1ccc(N(C(=O)Oc2ccccc2)/C(C(=O)Nc2ccccc2OC)=C(/O)c2ccccc2)cc1. The number of nitrogens with zero attached hydrogens (tertiary/aromatic N) is 2. The number of rotatable bonds is 10. The van der Waals surface area contributed by atoms with Crippen molar-refractivity contribution in [2.45, 2.75) is 13.8 Å². The van der Waals surface area contributed by atoms with E-state index in [1.807, 2.05) is 12.1 Å². The minimum absolute atomic E-state index is 0.283. The van der Waals surface area contributed by atoms with Gasteiger partial charge < -0.3 is 24.8 Å². The molecular weight excluding hydrogens is 518 g/mol. The molecule has 0 aliphatic rings. The lowest BCUT2D eigenvalue weighted by molar-refractivity contribution is -0.113. The maximum atomic E-state index is 14.0. The lowest BCUT2D eigenvalue weighted by atomic mass is 10.1. The van der Waals surface area contributed by atoms with E-state index in [9.17, 15) is 14.7 Å². The number of aliphatic hydroxyl groups is 1. The molecule has 2 N–H and O–H groups in total. The highest BCUT2D eigenvalue weighted by Gasteiger charge is 2.32. The van der Waals surface area contributed by atoms with Crippen molar-refractivity contribution >= 4 is 34.8 Å². The molecule has 0 aliphatic carbocycles. The zero-order chi connectivity index (χ0) is 29.2. The quantitative estimate of drug-likeness (QED) is 0.161. The Hall–Kier alpha value is -5.24. The Bertz CT molecular complexity index is 1480. The fourth-order valence-electron chi connectivity index (χ4n) is 4.34. The molecule has 0 aromatic heterocycles. The van der Waals surface area contributed by atoms with Crippen LogP contribution in [0.5, 0.6) is 11.5 Å². The van der Waals surface area contributed by atoms with Crippen LogP contribution in [0.25, 0.3) is 5.76 Å². The summed E-state index contributed by atoms with van der Waals surface area (Å²) in [5.74, 6) is -0.447. The summed E-state index contributed by atoms with van der Waals surface area (Å²) in [5.41, 5.74) is 1.67. The van der Waals surface area contributed by atoms with Gasteiger partial charge in [0.2, 0.25) is 0 Å². The Morgan fingerprint density at radius 3 is 1.93 bits per heavy atom. The summed E-state index contributed by atoms with van der Waals surface area (Å²) < 4.78 is 11.1. The van der Waals surface area contributed by atoms with Crippen LogP contribution in [0.15, 0.2) is 115 Å². The number of benzene rings is 4. The number of carbonyl (C=O) groups is 2. The molecule has 4 rings (SSSR count). The van der Waals surface area contributed by atoms with E-state index in [4.69, 9.17) is 9.47 Å². The molecule has 0 bridgehead atoms. The van der Waals surface area contributed by atoms with Crippen LogP contribution in [0, 0.1) is 0 Å². The standard InChI is InChI=1S/C33H33N3O5/c1-4-35(5-2)25-20-22-26(23-21-25)36(33(39)41-27-16-10-7-11-17-27)30(31(37)24-14-8-6-9-15-24)32(38)34-28-18-12-13-19-29(28)40-3/h6-23,37H,4-5H2,1-3H3,(H,34,38)/b31-30+. The molecule has 0 spiro atoms. The van der Waals surface area contributed by atoms with Crippen molar-refractivity contribution in [1.82, 2.24) is 0 Å². The van der Waals surface area contributed by atoms with Crippen LogP contribution < -0.4 is 24.6 Å². The van der Waals surface area contributed by atoms with Gasteiger partial charge >= 0.3 is 6.09 Å². The molecule has 0 aliphatic heterocycles. The van der Waals surface area contributed by atoms with E-state index < -0.39 is 17.8 Å². The fourth-order valence-corrected chi connectivity index (χ4v) is 4.34. The van der Waals surface area contributed by atoms with Crippen molar-refractivity contribution in [2.24, 2.45) is 0 Å². The smallest absolute Gasteiger partial charge is 0.424 e. The number of nitrogens with one attached hydrogen (secondary N) is 1. The third-order valence-electron chi connectivity index (χ3n) is 6.43. The summed E-state index contributed by atoms with van der Waals surface area (Å²) in [7, 11) is 1.49. The summed E-state index contributed by atoms with van der Waals surface area (Å²) in [6.07, 6.45) is -0.876. The molecule has 0 radical (unpaired) electrons. The first-order valence-corrected chi connectivity index (χ1v) is 13.3. The van der Waals surface area contributed by atoms with Gasteiger partial charge in [0.25, 0.3) is 5.91 Å². The Labute approximate surface area is 240 Å². The van der Waals surface area contributed by atoms with Crippen LogP contribution in [0.2, 0.25) is 0 Å². The molecule has 2 amide bonds. The number of anilines is 3. The monoisotopic (exact) mass is 551 g/mol. The Kier molecular flexibility index (Phi) is 9.62. The first-order chi connectivity index (χ1) is 20.0. The first kappa shape index (κ1) is 28.8. The molecule has 0 heterocycles. The van der Waals surface area contributed by atoms with Crippen LogP contribution in [0.3, 0.4) is 0 Å². The molecule has 0 atom stereocenters. The van der Waals surface area contributed by atoms with Gasteiger partial charge in [-0.3, -0.25) is 4.79 Å². The average Bonchev–Trinajstić information content (AvgIpc) is 3.01. The summed E-state index contributed by atoms with van der Waals surface area (Å²) in [5, 5.41) is 14.3. The van der Waals surface area contributed by atoms with Gasteiger partial charge in [-0.05, 0) is 62.4 Å². The minimum atomic E-state index is -0.876. The van der Waals surface area contributed by atoms with Gasteiger partial charge in [-0.2, -0.15) is 0 Å². The lowest BCUT2D eigenvalue weighted by Crippen LogP contribution is -2.39. The summed E-state index contributed by atoms with van der Waals surface area (Å²) in [6, 6.07) is 31.1. The second kappa shape index (κ2) is 13.7. The number of aliphatic hydroxyl groups excluding tert-OH is 1. The highest BCUT2D eigenvalue weighted by Crippen LogP contribution is 2.31. The second-order valence-electron chi connectivity index (χ2n) is 8.92. The van der Waals surface area contributed by atoms with E-state index in [0.29, 0.717) is 22.7 Å². The predicted molar refractivity (Wildman–Crippen MR) is 163 cm³/mol. The molecule has 210 valence electrons. The molecular formula is C33H33N3O5. The number of para-hydroxylation sites is 3. The van der Waals surface area contributed by atoms with Crippen LogP contribution in [-0.4, -0.2) is 37.3 Å². The summed E-state index contributed by atoms with van der Waals surface area (Å²) in [6.45, 7) is 5.72. The molecule has 8 heteroatoms. The molecule has 4 aromatic carbocycles. The molecule has 41 heavy (non-hydrogen) atoms. The number of methoxy groups -OCH3 is 1. The average molecular weight is 552 g/mol. The Morgan fingerprint density at radius 1 is 0.756 bits per heavy atom. The molecule has 0 saturated carbocycles. The van der Waals surface area contributed by atoms with E-state index >= 15 is 0 Å². The van der Waals surface area contributed by atoms with E-state index in [2.05, 4.69) is 24.1 Å². The summed E-state index contributed by atoms with van der Waals surface area (Å²) >= 11 is 0. The van der Waals surface area contributed by atoms with Gasteiger partial charge in [0, 0.05) is 24.3 Å². The molecule has 0 unspecified atom stereocenters. The van der Waals surface area contributed by atoms with Gasteiger partial charge in [-0.15, -0.1) is 0 Å². The number of carbonyl (C=O) groups excluding carboxylic acids is 2. The van der Waals surface area contributed by atoms with Crippen LogP contribution in [0.1, 0.15) is 19.4 Å². The van der Waals surface area contributed by atoms with Gasteiger partial charge in [0.15, 0.2) is 11.5 Å². The molecule has 0 fully saturated rings. The van der Waals surface area contributed by atoms with Gasteiger partial charge in [0.05, 0.1) is 18.5 Å². The van der Waals surface area contributed by atoms with E-state index in [0.717, 1.165) is 23.7 Å². The highest BCUT2D eigenvalue weighted by atomic mass is 16.6. The lowest BCUT2D eigenvalue weighted by Gasteiger charge is -2.27. The van der Waals surface area contributed by atoms with Crippen molar-refractivity contribution in [2.75, 3.05) is 35.3 Å². The first-order valence-electron chi connectivity index (χ1n) is 13.3. The number of hydrogen-bond donors (Lipinski definition) is 2. The maximum absolute atomic E-state index is 14.0. The van der Waals surface area contributed by atoms with Gasteiger partial charge in [-0.1, -0.05) is 60.7 Å². The Morgan fingerprint density at radius 2 is 1.32 bits per heavy atom. The van der Waals surface area contributed by atoms with Crippen molar-refractivity contribution in [3.8, 4) is 11.5 Å². The van der Waals surface area contributed by atoms with Crippen LogP contribution in [-0.2, 0) is 4.79 Å². The van der Waals surface area contributed by atoms with Crippen molar-refractivity contribution in [3.63, 3.8) is 0 Å². The van der Waals surface area contributed by atoms with Crippen LogP contribution in [0.4, 0.5) is 21.9 Å². The molecule has 0 saturated heterocycles. The van der Waals surface area contributed by atoms with E-state index in [1.165, 1.54) is 7.11 Å². The second-order valence-corrected chi connectivity index (χ2v) is 8.92. The van der Waals surface area contributed by atoms with Crippen LogP contribution >= 0.6 is 0 Å². The normalized spacial score (nSPS) is 11.2. The predicted octanol–water partition coefficient (Wildman–Crippen LogP) is 7.11. The minimum Gasteiger partial charge on any atom is -0.505 e. The largest absolute Gasteiger partial charge is 0.505 e. The highest BCUT2D eigenvalue weighted by molar-refractivity contribution is 6.16. The van der Waals surface area contributed by atoms with Crippen molar-refractivity contribution < 1.29 is 24.2 Å².